The molecule has 1 aromatic rings. The number of Topliss-reactive ketones (excluding diaryl/α,β-unsaturated/α-hetero) is 1. The summed E-state index contributed by atoms with van der Waals surface area (Å²) in [4.78, 5) is 22.3. The van der Waals surface area contributed by atoms with Gasteiger partial charge < -0.3 is 10.2 Å². The second kappa shape index (κ2) is 4.35. The molecule has 0 aliphatic carbocycles. The van der Waals surface area contributed by atoms with Crippen molar-refractivity contribution in [1.29, 1.82) is 0 Å². The number of hydrogen-bond donors (Lipinski definition) is 2. The summed E-state index contributed by atoms with van der Waals surface area (Å²) in [6, 6.07) is 2.79. The number of ketones is 1. The number of aliphatic carboxylic acids is 1. The second-order valence-electron chi connectivity index (χ2n) is 2.97. The van der Waals surface area contributed by atoms with Crippen molar-refractivity contribution in [3.63, 3.8) is 0 Å². The van der Waals surface area contributed by atoms with Crippen LogP contribution in [0.2, 0.25) is 0 Å². The van der Waals surface area contributed by atoms with E-state index in [0.29, 0.717) is 10.5 Å². The van der Waals surface area contributed by atoms with Crippen molar-refractivity contribution in [2.75, 3.05) is 6.26 Å². The van der Waals surface area contributed by atoms with Gasteiger partial charge in [0.05, 0.1) is 0 Å². The molecule has 0 aromatic heterocycles. The molecule has 0 saturated heterocycles. The van der Waals surface area contributed by atoms with E-state index in [1.54, 1.807) is 19.2 Å². The Morgan fingerprint density at radius 3 is 2.40 bits per heavy atom. The van der Waals surface area contributed by atoms with Gasteiger partial charge in [-0.15, -0.1) is 11.8 Å². The molecule has 1 aromatic carbocycles. The molecule has 1 rings (SSSR count). The van der Waals surface area contributed by atoms with Crippen LogP contribution in [0.5, 0.6) is 5.75 Å². The van der Waals surface area contributed by atoms with Crippen LogP contribution in [0.3, 0.4) is 0 Å². The molecule has 0 unspecified atom stereocenters. The SMILES string of the molecule is CSc1cc(C)c(O)cc1C(=O)C(=O)O. The van der Waals surface area contributed by atoms with Crippen LogP contribution in [0.4, 0.5) is 0 Å². The average molecular weight is 226 g/mol. The van der Waals surface area contributed by atoms with E-state index >= 15 is 0 Å². The minimum absolute atomic E-state index is 0.0260. The predicted molar refractivity (Wildman–Crippen MR) is 56.6 cm³/mol. The molecule has 80 valence electrons. The number of hydrogen-bond acceptors (Lipinski definition) is 4. The van der Waals surface area contributed by atoms with E-state index in [1.807, 2.05) is 0 Å². The third-order valence-electron chi connectivity index (χ3n) is 1.96. The van der Waals surface area contributed by atoms with Crippen LogP contribution in [0, 0.1) is 6.92 Å². The number of benzene rings is 1. The Morgan fingerprint density at radius 2 is 1.93 bits per heavy atom. The predicted octanol–water partition coefficient (Wildman–Crippen LogP) is 1.69. The number of rotatable bonds is 3. The number of carbonyl (C=O) groups excluding carboxylic acids is 1. The van der Waals surface area contributed by atoms with E-state index < -0.39 is 11.8 Å². The summed E-state index contributed by atoms with van der Waals surface area (Å²) >= 11 is 1.27. The molecule has 0 spiro atoms. The van der Waals surface area contributed by atoms with Gasteiger partial charge in [-0.2, -0.15) is 0 Å². The number of aromatic hydroxyl groups is 1. The number of aryl methyl sites for hydroxylation is 1. The first-order chi connectivity index (χ1) is 6.97. The van der Waals surface area contributed by atoms with Crippen molar-refractivity contribution >= 4 is 23.5 Å². The van der Waals surface area contributed by atoms with Crippen LogP contribution >= 0.6 is 11.8 Å². The van der Waals surface area contributed by atoms with Gasteiger partial charge in [0.2, 0.25) is 0 Å². The fraction of sp³-hybridized carbons (Fsp3) is 0.200. The van der Waals surface area contributed by atoms with E-state index in [0.717, 1.165) is 0 Å². The molecule has 0 aliphatic heterocycles. The number of carbonyl (C=O) groups is 2. The number of phenols is 1. The highest BCUT2D eigenvalue weighted by molar-refractivity contribution is 7.98. The summed E-state index contributed by atoms with van der Waals surface area (Å²) in [6.45, 7) is 1.68. The van der Waals surface area contributed by atoms with Gasteiger partial charge in [0.25, 0.3) is 5.78 Å². The monoisotopic (exact) mass is 226 g/mol. The Bertz CT molecular complexity index is 426. The van der Waals surface area contributed by atoms with Gasteiger partial charge in [-0.05, 0) is 30.9 Å². The molecule has 5 heteroatoms. The zero-order valence-corrected chi connectivity index (χ0v) is 9.09. The number of phenolic OH excluding ortho intramolecular Hbond substituents is 1. The van der Waals surface area contributed by atoms with Crippen LogP contribution in [-0.4, -0.2) is 28.2 Å². The molecule has 0 saturated carbocycles. The second-order valence-corrected chi connectivity index (χ2v) is 3.82. The van der Waals surface area contributed by atoms with E-state index in [1.165, 1.54) is 17.8 Å². The first-order valence-corrected chi connectivity index (χ1v) is 5.35. The van der Waals surface area contributed by atoms with Gasteiger partial charge in [-0.25, -0.2) is 4.79 Å². The van der Waals surface area contributed by atoms with Crippen LogP contribution in [0.1, 0.15) is 15.9 Å². The van der Waals surface area contributed by atoms with Crippen molar-refractivity contribution in [1.82, 2.24) is 0 Å². The Hall–Kier alpha value is -1.49. The molecule has 0 bridgehead atoms. The first kappa shape index (κ1) is 11.6. The zero-order valence-electron chi connectivity index (χ0n) is 8.27. The number of carboxylic acid groups (broad SMARTS) is 1. The zero-order chi connectivity index (χ0) is 11.6. The first-order valence-electron chi connectivity index (χ1n) is 4.12. The Morgan fingerprint density at radius 1 is 1.33 bits per heavy atom. The summed E-state index contributed by atoms with van der Waals surface area (Å²) < 4.78 is 0. The van der Waals surface area contributed by atoms with Crippen LogP contribution < -0.4 is 0 Å². The smallest absolute Gasteiger partial charge is 0.377 e. The average Bonchev–Trinajstić information content (AvgIpc) is 2.20. The number of thioether (sulfide) groups is 1. The normalized spacial score (nSPS) is 10.0. The quantitative estimate of drug-likeness (QED) is 0.466. The fourth-order valence-electron chi connectivity index (χ4n) is 1.13. The number of carboxylic acids is 1. The minimum Gasteiger partial charge on any atom is -0.508 e. The highest BCUT2D eigenvalue weighted by Gasteiger charge is 2.19. The maximum absolute atomic E-state index is 11.3. The largest absolute Gasteiger partial charge is 0.508 e. The molecule has 0 aliphatic rings. The summed E-state index contributed by atoms with van der Waals surface area (Å²) in [5, 5.41) is 18.0. The van der Waals surface area contributed by atoms with Crippen LogP contribution in [0.15, 0.2) is 17.0 Å². The van der Waals surface area contributed by atoms with Crippen molar-refractivity contribution in [3.8, 4) is 5.75 Å². The van der Waals surface area contributed by atoms with Gasteiger partial charge >= 0.3 is 5.97 Å². The van der Waals surface area contributed by atoms with Crippen molar-refractivity contribution in [2.24, 2.45) is 0 Å². The third kappa shape index (κ3) is 2.30. The Labute approximate surface area is 90.9 Å². The third-order valence-corrected chi connectivity index (χ3v) is 2.73. The van der Waals surface area contributed by atoms with Gasteiger partial charge in [0, 0.05) is 10.5 Å². The Kier molecular flexibility index (Phi) is 3.36. The lowest BCUT2D eigenvalue weighted by Gasteiger charge is -2.07. The van der Waals surface area contributed by atoms with Crippen molar-refractivity contribution in [3.05, 3.63) is 23.3 Å². The molecule has 0 amide bonds. The topological polar surface area (TPSA) is 74.6 Å². The molecule has 15 heavy (non-hydrogen) atoms. The van der Waals surface area contributed by atoms with E-state index in [4.69, 9.17) is 5.11 Å². The lowest BCUT2D eigenvalue weighted by Crippen LogP contribution is -2.13. The van der Waals surface area contributed by atoms with E-state index in [-0.39, 0.29) is 11.3 Å². The lowest BCUT2D eigenvalue weighted by atomic mass is 10.1. The lowest BCUT2D eigenvalue weighted by molar-refractivity contribution is -0.131. The van der Waals surface area contributed by atoms with Crippen molar-refractivity contribution < 1.29 is 19.8 Å². The summed E-state index contributed by atoms with van der Waals surface area (Å²) in [5.74, 6) is -2.60. The van der Waals surface area contributed by atoms with Gasteiger partial charge in [0.1, 0.15) is 5.75 Å². The maximum Gasteiger partial charge on any atom is 0.377 e. The standard InChI is InChI=1S/C10H10O4S/c1-5-3-8(15-2)6(4-7(5)11)9(12)10(13)14/h3-4,11H,1-2H3,(H,13,14). The summed E-state index contributed by atoms with van der Waals surface area (Å²) in [5.41, 5.74) is 0.638. The molecule has 0 atom stereocenters. The maximum atomic E-state index is 11.3. The van der Waals surface area contributed by atoms with Crippen molar-refractivity contribution in [2.45, 2.75) is 11.8 Å². The van der Waals surface area contributed by atoms with Gasteiger partial charge in [0.15, 0.2) is 0 Å². The molecule has 0 fully saturated rings. The fourth-order valence-corrected chi connectivity index (χ4v) is 1.80. The molecule has 0 radical (unpaired) electrons. The molecule has 4 nitrogen and oxygen atoms in total. The highest BCUT2D eigenvalue weighted by Crippen LogP contribution is 2.28. The van der Waals surface area contributed by atoms with Gasteiger partial charge in [-0.3, -0.25) is 4.79 Å². The minimum atomic E-state index is -1.52. The Balaban J connectivity index is 3.34. The van der Waals surface area contributed by atoms with E-state index in [9.17, 15) is 14.7 Å². The van der Waals surface area contributed by atoms with E-state index in [2.05, 4.69) is 0 Å². The van der Waals surface area contributed by atoms with Gasteiger partial charge in [-0.1, -0.05) is 0 Å². The molecular formula is C10H10O4S. The van der Waals surface area contributed by atoms with Crippen LogP contribution in [0.25, 0.3) is 0 Å². The molecule has 2 N–H and O–H groups in total. The summed E-state index contributed by atoms with van der Waals surface area (Å²) in [6.07, 6.45) is 1.74. The van der Waals surface area contributed by atoms with Crippen LogP contribution in [-0.2, 0) is 4.79 Å². The highest BCUT2D eigenvalue weighted by atomic mass is 32.2. The summed E-state index contributed by atoms with van der Waals surface area (Å²) in [7, 11) is 0. The molecule has 0 heterocycles. The molecular weight excluding hydrogens is 216 g/mol.